The van der Waals surface area contributed by atoms with Crippen LogP contribution in [0, 0.1) is 6.92 Å². The molecule has 44 heavy (non-hydrogen) atoms. The molecule has 230 valence electrons. The van der Waals surface area contributed by atoms with Crippen LogP contribution in [0.4, 0.5) is 4.79 Å². The van der Waals surface area contributed by atoms with Crippen molar-refractivity contribution >= 4 is 62.1 Å². The molecule has 2 N–H and O–H groups in total. The maximum Gasteiger partial charge on any atom is 0.317 e. The van der Waals surface area contributed by atoms with Gasteiger partial charge in [-0.3, -0.25) is 9.69 Å². The number of nitrogens with one attached hydrogen (secondary N) is 2. The van der Waals surface area contributed by atoms with Gasteiger partial charge in [-0.2, -0.15) is 0 Å². The minimum Gasteiger partial charge on any atom is -0.361 e. The maximum absolute atomic E-state index is 14.2. The van der Waals surface area contributed by atoms with E-state index in [1.165, 1.54) is 5.56 Å². The number of hydrogen-bond donors (Lipinski definition) is 2. The van der Waals surface area contributed by atoms with E-state index in [0.717, 1.165) is 44.5 Å². The Morgan fingerprint density at radius 1 is 1.07 bits per heavy atom. The van der Waals surface area contributed by atoms with Crippen molar-refractivity contribution in [3.05, 3.63) is 99.1 Å². The molecule has 7 nitrogen and oxygen atoms in total. The second-order valence-electron chi connectivity index (χ2n) is 11.7. The highest BCUT2D eigenvalue weighted by atomic mass is 79.9. The lowest BCUT2D eigenvalue weighted by Crippen LogP contribution is -2.55. The fourth-order valence-corrected chi connectivity index (χ4v) is 8.49. The third-order valence-electron chi connectivity index (χ3n) is 8.64. The molecule has 1 aromatic heterocycles. The molecule has 2 aliphatic rings. The highest BCUT2D eigenvalue weighted by Gasteiger charge is 2.54. The summed E-state index contributed by atoms with van der Waals surface area (Å²) in [5.74, 6) is 0.141. The van der Waals surface area contributed by atoms with E-state index in [1.807, 2.05) is 47.9 Å². The Hall–Kier alpha value is -2.98. The van der Waals surface area contributed by atoms with Crippen LogP contribution in [0.15, 0.2) is 82.3 Å². The van der Waals surface area contributed by atoms with Gasteiger partial charge in [0.1, 0.15) is 0 Å². The Morgan fingerprint density at radius 3 is 2.50 bits per heavy atom. The second kappa shape index (κ2) is 13.2. The number of aromatic amines is 1. The average Bonchev–Trinajstić information content (AvgIpc) is 3.52. The summed E-state index contributed by atoms with van der Waals surface area (Å²) in [6, 6.07) is 22.6. The van der Waals surface area contributed by atoms with Crippen LogP contribution in [0.25, 0.3) is 10.9 Å². The Morgan fingerprint density at radius 2 is 1.80 bits per heavy atom. The predicted octanol–water partition coefficient (Wildman–Crippen LogP) is 7.24. The molecule has 3 heterocycles. The number of fused-ring (bicyclic) bond motifs is 1. The third kappa shape index (κ3) is 6.52. The van der Waals surface area contributed by atoms with Crippen molar-refractivity contribution in [1.29, 1.82) is 0 Å². The number of H-pyrrole nitrogens is 1. The van der Waals surface area contributed by atoms with Crippen LogP contribution in [-0.2, 0) is 11.3 Å². The molecule has 0 spiro atoms. The highest BCUT2D eigenvalue weighted by molar-refractivity contribution is 9.10. The van der Waals surface area contributed by atoms with Crippen LogP contribution >= 0.6 is 39.3 Å². The number of hydrogen-bond acceptors (Lipinski definition) is 4. The Labute approximate surface area is 276 Å². The minimum atomic E-state index is -0.482. The highest BCUT2D eigenvalue weighted by Crippen LogP contribution is 2.54. The number of rotatable bonds is 8. The molecule has 2 atom stereocenters. The smallest absolute Gasteiger partial charge is 0.317 e. The topological polar surface area (TPSA) is 71.7 Å². The number of aromatic nitrogens is 1. The van der Waals surface area contributed by atoms with Crippen LogP contribution in [-0.4, -0.2) is 75.6 Å². The van der Waals surface area contributed by atoms with Gasteiger partial charge < -0.3 is 20.1 Å². The number of halogens is 2. The number of piperazine rings is 1. The SMILES string of the molecule is CCNC(=O)N1CCN(C[C@]2(Sc3ccc(C)cc3)CC(=O)N(Cc3ccc(Br)cc3)[C@H]2c2c[nH]c3cc(Cl)ccc23)CC1. The van der Waals surface area contributed by atoms with Crippen molar-refractivity contribution in [2.45, 2.75) is 42.5 Å². The van der Waals surface area contributed by atoms with Gasteiger partial charge in [-0.15, -0.1) is 11.8 Å². The summed E-state index contributed by atoms with van der Waals surface area (Å²) >= 11 is 11.7. The second-order valence-corrected chi connectivity index (χ2v) is 14.6. The summed E-state index contributed by atoms with van der Waals surface area (Å²) in [7, 11) is 0. The van der Waals surface area contributed by atoms with E-state index in [1.54, 1.807) is 0 Å². The van der Waals surface area contributed by atoms with E-state index in [-0.39, 0.29) is 18.0 Å². The third-order valence-corrected chi connectivity index (χ3v) is 10.8. The molecule has 0 radical (unpaired) electrons. The summed E-state index contributed by atoms with van der Waals surface area (Å²) in [4.78, 5) is 37.8. The summed E-state index contributed by atoms with van der Waals surface area (Å²) in [6.45, 7) is 8.69. The quantitative estimate of drug-likeness (QED) is 0.204. The van der Waals surface area contributed by atoms with Crippen molar-refractivity contribution in [2.24, 2.45) is 0 Å². The molecule has 2 saturated heterocycles. The van der Waals surface area contributed by atoms with Gasteiger partial charge in [-0.05, 0) is 55.8 Å². The molecule has 0 unspecified atom stereocenters. The zero-order chi connectivity index (χ0) is 30.8. The first kappa shape index (κ1) is 31.0. The zero-order valence-corrected chi connectivity index (χ0v) is 28.1. The van der Waals surface area contributed by atoms with Crippen LogP contribution in [0.2, 0.25) is 5.02 Å². The molecule has 2 fully saturated rings. The van der Waals surface area contributed by atoms with E-state index < -0.39 is 4.75 Å². The Bertz CT molecular complexity index is 1640. The lowest BCUT2D eigenvalue weighted by molar-refractivity contribution is -0.129. The molecule has 6 rings (SSSR count). The first-order chi connectivity index (χ1) is 21.2. The van der Waals surface area contributed by atoms with Gasteiger partial charge in [0.25, 0.3) is 0 Å². The number of thioether (sulfide) groups is 1. The average molecular weight is 695 g/mol. The fraction of sp³-hybridized carbons (Fsp3) is 0.353. The van der Waals surface area contributed by atoms with Crippen LogP contribution in [0.5, 0.6) is 0 Å². The number of nitrogens with zero attached hydrogens (tertiary/aromatic N) is 3. The van der Waals surface area contributed by atoms with Gasteiger partial charge in [-0.25, -0.2) is 4.79 Å². The number of amides is 3. The van der Waals surface area contributed by atoms with E-state index in [2.05, 4.69) is 91.6 Å². The standard InChI is InChI=1S/C34H37BrClN5O2S/c1-3-37-33(43)40-16-14-39(15-17-40)22-34(44-27-11-4-23(2)5-12-27)19-31(42)41(21-24-6-8-25(35)9-7-24)32(34)29-20-38-30-18-26(36)10-13-28(29)30/h4-13,18,20,32,38H,3,14-17,19,21-22H2,1-2H3,(H,37,43)/t32-,34+/m0/s1. The van der Waals surface area contributed by atoms with Crippen molar-refractivity contribution in [3.8, 4) is 0 Å². The molecular formula is C34H37BrClN5O2S. The van der Waals surface area contributed by atoms with Crippen molar-refractivity contribution in [2.75, 3.05) is 39.3 Å². The van der Waals surface area contributed by atoms with E-state index in [4.69, 9.17) is 11.6 Å². The van der Waals surface area contributed by atoms with Crippen LogP contribution < -0.4 is 5.32 Å². The normalized spacial score (nSPS) is 20.9. The molecule has 0 aliphatic carbocycles. The van der Waals surface area contributed by atoms with Crippen LogP contribution in [0.1, 0.15) is 36.1 Å². The van der Waals surface area contributed by atoms with Gasteiger partial charge in [0.05, 0.1) is 10.8 Å². The Balaban J connectivity index is 1.42. The summed E-state index contributed by atoms with van der Waals surface area (Å²) in [6.07, 6.45) is 2.47. The molecule has 3 aromatic carbocycles. The molecule has 0 bridgehead atoms. The van der Waals surface area contributed by atoms with E-state index in [0.29, 0.717) is 44.2 Å². The van der Waals surface area contributed by atoms with Gasteiger partial charge in [0, 0.05) is 89.3 Å². The number of carbonyl (C=O) groups is 2. The largest absolute Gasteiger partial charge is 0.361 e. The lowest BCUT2D eigenvalue weighted by atomic mass is 9.91. The fourth-order valence-electron chi connectivity index (χ4n) is 6.50. The van der Waals surface area contributed by atoms with Gasteiger partial charge in [0.15, 0.2) is 0 Å². The van der Waals surface area contributed by atoms with Gasteiger partial charge in [-0.1, -0.05) is 63.4 Å². The van der Waals surface area contributed by atoms with Crippen molar-refractivity contribution in [3.63, 3.8) is 0 Å². The van der Waals surface area contributed by atoms with Gasteiger partial charge >= 0.3 is 6.03 Å². The van der Waals surface area contributed by atoms with Crippen molar-refractivity contribution in [1.82, 2.24) is 25.0 Å². The molecule has 10 heteroatoms. The Kier molecular flexibility index (Phi) is 9.29. The van der Waals surface area contributed by atoms with Crippen molar-refractivity contribution < 1.29 is 9.59 Å². The number of aryl methyl sites for hydroxylation is 1. The number of benzene rings is 3. The zero-order valence-electron chi connectivity index (χ0n) is 25.0. The number of carbonyl (C=O) groups excluding carboxylic acids is 2. The first-order valence-corrected chi connectivity index (χ1v) is 17.0. The lowest BCUT2D eigenvalue weighted by Gasteiger charge is -2.43. The molecule has 2 aliphatic heterocycles. The minimum absolute atomic E-state index is 0.0112. The molecule has 0 saturated carbocycles. The van der Waals surface area contributed by atoms with Crippen LogP contribution in [0.3, 0.4) is 0 Å². The number of urea groups is 1. The summed E-state index contributed by atoms with van der Waals surface area (Å²) in [5, 5.41) is 4.68. The number of likely N-dealkylation sites (tertiary alicyclic amines) is 1. The monoisotopic (exact) mass is 693 g/mol. The maximum atomic E-state index is 14.2. The van der Waals surface area contributed by atoms with E-state index in [9.17, 15) is 9.59 Å². The van der Waals surface area contributed by atoms with Gasteiger partial charge in [0.2, 0.25) is 5.91 Å². The molecule has 3 amide bonds. The summed E-state index contributed by atoms with van der Waals surface area (Å²) < 4.78 is 0.528. The molecule has 4 aromatic rings. The summed E-state index contributed by atoms with van der Waals surface area (Å²) in [5.41, 5.74) is 4.34. The predicted molar refractivity (Wildman–Crippen MR) is 182 cm³/mol. The van der Waals surface area contributed by atoms with E-state index >= 15 is 0 Å². The molecular weight excluding hydrogens is 658 g/mol. The first-order valence-electron chi connectivity index (χ1n) is 15.1.